The summed E-state index contributed by atoms with van der Waals surface area (Å²) in [7, 11) is 1.44. The molecule has 0 unspecified atom stereocenters. The molecule has 0 bridgehead atoms. The van der Waals surface area contributed by atoms with Crippen molar-refractivity contribution in [1.29, 1.82) is 0 Å². The molecular formula is C37H48ClN3O7. The number of hydrogen-bond donors (Lipinski definition) is 3. The number of methoxy groups -OCH3 is 1. The van der Waals surface area contributed by atoms with Crippen LogP contribution in [0, 0.1) is 5.92 Å². The molecule has 0 saturated carbocycles. The van der Waals surface area contributed by atoms with Gasteiger partial charge in [0.15, 0.2) is 5.76 Å². The predicted molar refractivity (Wildman–Crippen MR) is 188 cm³/mol. The second kappa shape index (κ2) is 21.3. The fourth-order valence-electron chi connectivity index (χ4n) is 4.61. The number of amides is 3. The summed E-state index contributed by atoms with van der Waals surface area (Å²) in [6, 6.07) is 8.45. The highest BCUT2D eigenvalue weighted by Gasteiger charge is 2.27. The van der Waals surface area contributed by atoms with E-state index in [1.165, 1.54) is 19.4 Å². The van der Waals surface area contributed by atoms with Crippen molar-refractivity contribution < 1.29 is 33.4 Å². The summed E-state index contributed by atoms with van der Waals surface area (Å²) in [6.45, 7) is 9.30. The summed E-state index contributed by atoms with van der Waals surface area (Å²) in [6.07, 6.45) is 15.5. The van der Waals surface area contributed by atoms with E-state index < -0.39 is 36.0 Å². The number of esters is 1. The number of carbonyl (C=O) groups excluding carboxylic acids is 4. The molecule has 0 aromatic heterocycles. The van der Waals surface area contributed by atoms with Crippen molar-refractivity contribution in [3.05, 3.63) is 107 Å². The zero-order valence-corrected chi connectivity index (χ0v) is 29.3. The third-order valence-electron chi connectivity index (χ3n) is 7.05. The monoisotopic (exact) mass is 681 g/mol. The summed E-state index contributed by atoms with van der Waals surface area (Å²) in [5.74, 6) is -1.11. The molecule has 0 radical (unpaired) electrons. The van der Waals surface area contributed by atoms with Gasteiger partial charge in [-0.05, 0) is 45.5 Å². The molecule has 1 aromatic carbocycles. The lowest BCUT2D eigenvalue weighted by Crippen LogP contribution is -2.46. The van der Waals surface area contributed by atoms with Crippen molar-refractivity contribution in [2.75, 3.05) is 7.11 Å². The Kier molecular flexibility index (Phi) is 17.6. The zero-order chi connectivity index (χ0) is 35.5. The highest BCUT2D eigenvalue weighted by Crippen LogP contribution is 2.22. The number of halogens is 1. The van der Waals surface area contributed by atoms with E-state index >= 15 is 0 Å². The van der Waals surface area contributed by atoms with Crippen LogP contribution in [-0.2, 0) is 35.0 Å². The molecule has 4 atom stereocenters. The van der Waals surface area contributed by atoms with Crippen LogP contribution in [0.25, 0.3) is 0 Å². The van der Waals surface area contributed by atoms with Gasteiger partial charge < -0.3 is 30.2 Å². The standard InChI is InChI=1S/C37H48ClN3O7/c1-25(2)40-37(45)47-30(19-18-28(5)38)16-12-22-39-35(43)31(24-29-14-8-7-9-15-29)41-34(42)17-11-10-13-26(3)23-27(4)32-20-21-33(46-6)36(44)48-32/h7-15,17-18,21-23,25,27,30-32H,16,19-20,24H2,1-6H3,(H,39,43)(H,40,45)(H,41,42)/b13-10-,17-11-,22-12-,26-23+,28-18+/t27-,30+,31-,32-/m0/s1. The van der Waals surface area contributed by atoms with Crippen LogP contribution in [0.2, 0.25) is 0 Å². The van der Waals surface area contributed by atoms with Crippen molar-refractivity contribution in [3.8, 4) is 0 Å². The number of benzene rings is 1. The molecule has 11 heteroatoms. The third kappa shape index (κ3) is 15.8. The lowest BCUT2D eigenvalue weighted by molar-refractivity contribution is -0.151. The van der Waals surface area contributed by atoms with Crippen molar-refractivity contribution in [1.82, 2.24) is 16.0 Å². The van der Waals surface area contributed by atoms with Crippen LogP contribution in [0.3, 0.4) is 0 Å². The predicted octanol–water partition coefficient (Wildman–Crippen LogP) is 6.31. The molecule has 1 aliphatic rings. The fourth-order valence-corrected chi connectivity index (χ4v) is 4.70. The maximum atomic E-state index is 13.2. The molecule has 48 heavy (non-hydrogen) atoms. The minimum Gasteiger partial charge on any atom is -0.490 e. The number of carbonyl (C=O) groups is 4. The van der Waals surface area contributed by atoms with E-state index in [4.69, 9.17) is 25.8 Å². The number of rotatable bonds is 17. The Morgan fingerprint density at radius 3 is 2.40 bits per heavy atom. The van der Waals surface area contributed by atoms with Crippen molar-refractivity contribution in [2.45, 2.75) is 84.6 Å². The summed E-state index contributed by atoms with van der Waals surface area (Å²) in [5.41, 5.74) is 1.81. The number of ether oxygens (including phenoxy) is 3. The lowest BCUT2D eigenvalue weighted by Gasteiger charge is -2.25. The first-order chi connectivity index (χ1) is 22.9. The first-order valence-corrected chi connectivity index (χ1v) is 16.3. The number of allylic oxidation sites excluding steroid dienone is 5. The van der Waals surface area contributed by atoms with Gasteiger partial charge in [-0.1, -0.05) is 90.9 Å². The molecule has 3 amide bonds. The van der Waals surface area contributed by atoms with Gasteiger partial charge in [0.05, 0.1) is 7.11 Å². The Morgan fingerprint density at radius 2 is 1.75 bits per heavy atom. The van der Waals surface area contributed by atoms with E-state index in [-0.39, 0.29) is 30.2 Å². The van der Waals surface area contributed by atoms with Gasteiger partial charge in [0.1, 0.15) is 18.2 Å². The molecular weight excluding hydrogens is 634 g/mol. The second-order valence-corrected chi connectivity index (χ2v) is 12.3. The van der Waals surface area contributed by atoms with Crippen molar-refractivity contribution in [2.24, 2.45) is 5.92 Å². The number of hydrogen-bond acceptors (Lipinski definition) is 7. The largest absolute Gasteiger partial charge is 0.490 e. The van der Waals surface area contributed by atoms with Crippen LogP contribution in [0.15, 0.2) is 102 Å². The number of alkyl carbamates (subject to hydrolysis) is 1. The normalized spacial score (nSPS) is 17.5. The first kappa shape index (κ1) is 39.6. The number of cyclic esters (lactones) is 1. The molecule has 3 N–H and O–H groups in total. The first-order valence-electron chi connectivity index (χ1n) is 15.9. The maximum absolute atomic E-state index is 13.2. The Hall–Kier alpha value is -4.57. The van der Waals surface area contributed by atoms with Crippen LogP contribution < -0.4 is 16.0 Å². The maximum Gasteiger partial charge on any atom is 0.407 e. The van der Waals surface area contributed by atoms with E-state index in [1.54, 1.807) is 37.3 Å². The third-order valence-corrected chi connectivity index (χ3v) is 7.20. The SMILES string of the molecule is COC1=CC[C@@H]([C@@H](C)/C=C(C)/C=C\C=C/C(=O)N[C@@H](Cc2ccccc2)C(=O)N/C=C\C[C@H](C/C=C(\C)Cl)OC(=O)NC(C)C)OC1=O. The summed E-state index contributed by atoms with van der Waals surface area (Å²) < 4.78 is 16.0. The molecule has 1 aromatic rings. The average molecular weight is 682 g/mol. The Bertz CT molecular complexity index is 1410. The van der Waals surface area contributed by atoms with Gasteiger partial charge in [-0.2, -0.15) is 0 Å². The molecule has 0 aliphatic carbocycles. The fraction of sp³-hybridized carbons (Fsp3) is 0.405. The lowest BCUT2D eigenvalue weighted by atomic mass is 9.97. The van der Waals surface area contributed by atoms with Crippen LogP contribution in [0.1, 0.15) is 59.4 Å². The second-order valence-electron chi connectivity index (χ2n) is 11.7. The van der Waals surface area contributed by atoms with Gasteiger partial charge in [-0.25, -0.2) is 9.59 Å². The summed E-state index contributed by atoms with van der Waals surface area (Å²) in [4.78, 5) is 50.1. The van der Waals surface area contributed by atoms with Gasteiger partial charge in [-0.3, -0.25) is 9.59 Å². The molecule has 2 rings (SSSR count). The van der Waals surface area contributed by atoms with E-state index in [1.807, 2.05) is 70.2 Å². The Morgan fingerprint density at radius 1 is 1.04 bits per heavy atom. The molecule has 260 valence electrons. The van der Waals surface area contributed by atoms with Gasteiger partial charge >= 0.3 is 12.1 Å². The van der Waals surface area contributed by atoms with Gasteiger partial charge in [0, 0.05) is 48.8 Å². The summed E-state index contributed by atoms with van der Waals surface area (Å²) >= 11 is 5.96. The van der Waals surface area contributed by atoms with Crippen molar-refractivity contribution in [3.63, 3.8) is 0 Å². The van der Waals surface area contributed by atoms with Gasteiger partial charge in [0.2, 0.25) is 11.8 Å². The quantitative estimate of drug-likeness (QED) is 0.0998. The Labute approximate surface area is 289 Å². The van der Waals surface area contributed by atoms with Crippen LogP contribution in [-0.4, -0.2) is 55.3 Å². The molecule has 1 aliphatic heterocycles. The molecule has 0 fully saturated rings. The molecule has 0 saturated heterocycles. The minimum atomic E-state index is -0.850. The van der Waals surface area contributed by atoms with Crippen LogP contribution in [0.4, 0.5) is 4.79 Å². The van der Waals surface area contributed by atoms with Crippen molar-refractivity contribution >= 4 is 35.5 Å². The minimum absolute atomic E-state index is 0.0266. The van der Waals surface area contributed by atoms with Crippen LogP contribution >= 0.6 is 11.6 Å². The van der Waals surface area contributed by atoms with Gasteiger partial charge in [0.25, 0.3) is 0 Å². The molecule has 10 nitrogen and oxygen atoms in total. The van der Waals surface area contributed by atoms with Crippen LogP contribution in [0.5, 0.6) is 0 Å². The van der Waals surface area contributed by atoms with E-state index in [9.17, 15) is 19.2 Å². The Balaban J connectivity index is 2.00. The smallest absolute Gasteiger partial charge is 0.407 e. The highest BCUT2D eigenvalue weighted by atomic mass is 35.5. The topological polar surface area (TPSA) is 132 Å². The highest BCUT2D eigenvalue weighted by molar-refractivity contribution is 6.29. The number of nitrogens with one attached hydrogen (secondary N) is 3. The van der Waals surface area contributed by atoms with E-state index in [2.05, 4.69) is 16.0 Å². The zero-order valence-electron chi connectivity index (χ0n) is 28.5. The van der Waals surface area contributed by atoms with Gasteiger partial charge in [-0.15, -0.1) is 0 Å². The van der Waals surface area contributed by atoms with E-state index in [0.29, 0.717) is 24.3 Å². The average Bonchev–Trinajstić information content (AvgIpc) is 3.03. The van der Waals surface area contributed by atoms with E-state index in [0.717, 1.165) is 11.1 Å². The molecule has 1 heterocycles. The summed E-state index contributed by atoms with van der Waals surface area (Å²) in [5, 5.41) is 8.79. The molecule has 0 spiro atoms.